The Kier molecular flexibility index (Phi) is 2.33. The number of nitrogens with one attached hydrogen (secondary N) is 1. The molecule has 2 aromatic rings. The molecule has 0 aliphatic carbocycles. The minimum Gasteiger partial charge on any atom is -0.278 e. The Morgan fingerprint density at radius 3 is 2.94 bits per heavy atom. The van der Waals surface area contributed by atoms with Crippen molar-refractivity contribution in [1.82, 2.24) is 4.98 Å². The number of rotatable bonds is 1. The van der Waals surface area contributed by atoms with Crippen LogP contribution in [0.4, 0.5) is 5.69 Å². The number of anilines is 1. The van der Waals surface area contributed by atoms with E-state index in [4.69, 9.17) is 5.41 Å². The van der Waals surface area contributed by atoms with E-state index < -0.39 is 0 Å². The molecule has 17 heavy (non-hydrogen) atoms. The maximum atomic E-state index is 11.8. The normalized spacial score (nSPS) is 15.9. The fourth-order valence-corrected chi connectivity index (χ4v) is 2.62. The first-order valence-corrected chi connectivity index (χ1v) is 6.14. The lowest BCUT2D eigenvalue weighted by atomic mass is 10.1. The van der Waals surface area contributed by atoms with Crippen molar-refractivity contribution in [1.29, 1.82) is 5.41 Å². The maximum Gasteiger partial charge on any atom is 0.243 e. The van der Waals surface area contributed by atoms with E-state index in [9.17, 15) is 4.79 Å². The second-order valence-electron chi connectivity index (χ2n) is 3.67. The topological polar surface area (TPSA) is 57.1 Å². The quantitative estimate of drug-likeness (QED) is 0.835. The van der Waals surface area contributed by atoms with Gasteiger partial charge in [0.2, 0.25) is 5.91 Å². The molecule has 1 aromatic carbocycles. The third-order valence-corrected chi connectivity index (χ3v) is 3.50. The third-order valence-electron chi connectivity index (χ3n) is 2.65. The number of carbonyl (C=O) groups excluding carboxylic acids is 1. The van der Waals surface area contributed by atoms with Gasteiger partial charge in [0.05, 0.1) is 17.0 Å². The molecular weight excluding hydrogens is 234 g/mol. The van der Waals surface area contributed by atoms with Crippen molar-refractivity contribution in [2.75, 3.05) is 10.7 Å². The molecule has 1 aliphatic heterocycles. The van der Waals surface area contributed by atoms with Crippen molar-refractivity contribution in [3.8, 4) is 0 Å². The predicted molar refractivity (Wildman–Crippen MR) is 69.4 cm³/mol. The first kappa shape index (κ1) is 10.3. The summed E-state index contributed by atoms with van der Waals surface area (Å²) in [6.07, 6.45) is 1.72. The second-order valence-corrected chi connectivity index (χ2v) is 4.63. The highest BCUT2D eigenvalue weighted by atomic mass is 32.2. The molecule has 1 N–H and O–H groups in total. The molecule has 1 fully saturated rings. The average Bonchev–Trinajstić information content (AvgIpc) is 2.69. The van der Waals surface area contributed by atoms with E-state index in [0.29, 0.717) is 5.75 Å². The van der Waals surface area contributed by atoms with E-state index in [1.54, 1.807) is 6.20 Å². The van der Waals surface area contributed by atoms with Gasteiger partial charge in [0.15, 0.2) is 5.17 Å². The molecule has 2 heterocycles. The number of nitrogens with zero attached hydrogens (tertiary/aromatic N) is 2. The Balaban J connectivity index is 2.23. The van der Waals surface area contributed by atoms with Crippen molar-refractivity contribution in [2.45, 2.75) is 0 Å². The Labute approximate surface area is 102 Å². The SMILES string of the molecule is N=C1SCC(=O)N1c1cccc2ncccc12. The summed E-state index contributed by atoms with van der Waals surface area (Å²) in [5.41, 5.74) is 1.58. The first-order valence-electron chi connectivity index (χ1n) is 5.15. The molecule has 4 nitrogen and oxygen atoms in total. The summed E-state index contributed by atoms with van der Waals surface area (Å²) in [6.45, 7) is 0. The summed E-state index contributed by atoms with van der Waals surface area (Å²) in [6, 6.07) is 9.36. The van der Waals surface area contributed by atoms with Crippen molar-refractivity contribution >= 4 is 39.4 Å². The number of aromatic nitrogens is 1. The van der Waals surface area contributed by atoms with E-state index >= 15 is 0 Å². The molecule has 1 saturated heterocycles. The van der Waals surface area contributed by atoms with Crippen LogP contribution in [0.15, 0.2) is 36.5 Å². The number of hydrogen-bond donors (Lipinski definition) is 1. The highest BCUT2D eigenvalue weighted by Crippen LogP contribution is 2.31. The standard InChI is InChI=1S/C12H9N3OS/c13-12-15(11(16)7-17-12)10-5-1-4-9-8(10)3-2-6-14-9/h1-6,13H,7H2. The molecule has 0 spiro atoms. The maximum absolute atomic E-state index is 11.8. The van der Waals surface area contributed by atoms with Crippen molar-refractivity contribution in [2.24, 2.45) is 0 Å². The smallest absolute Gasteiger partial charge is 0.243 e. The van der Waals surface area contributed by atoms with Gasteiger partial charge in [-0.3, -0.25) is 20.1 Å². The molecular formula is C12H9N3OS. The predicted octanol–water partition coefficient (Wildman–Crippen LogP) is 2.25. The third kappa shape index (κ3) is 1.59. The molecule has 0 radical (unpaired) electrons. The number of thioether (sulfide) groups is 1. The minimum atomic E-state index is -0.0450. The van der Waals surface area contributed by atoms with Crippen LogP contribution in [-0.2, 0) is 4.79 Å². The van der Waals surface area contributed by atoms with Gasteiger partial charge in [-0.15, -0.1) is 0 Å². The zero-order valence-corrected chi connectivity index (χ0v) is 9.70. The van der Waals surface area contributed by atoms with Gasteiger partial charge in [-0.05, 0) is 24.3 Å². The fourth-order valence-electron chi connectivity index (χ4n) is 1.90. The summed E-state index contributed by atoms with van der Waals surface area (Å²) in [5.74, 6) is 0.298. The van der Waals surface area contributed by atoms with Crippen LogP contribution < -0.4 is 4.90 Å². The zero-order valence-electron chi connectivity index (χ0n) is 8.88. The van der Waals surface area contributed by atoms with E-state index in [1.165, 1.54) is 16.7 Å². The van der Waals surface area contributed by atoms with Crippen LogP contribution in [0.25, 0.3) is 10.9 Å². The molecule has 1 amide bonds. The zero-order chi connectivity index (χ0) is 11.8. The van der Waals surface area contributed by atoms with E-state index in [1.807, 2.05) is 30.3 Å². The molecule has 0 atom stereocenters. The summed E-state index contributed by atoms with van der Waals surface area (Å²) in [4.78, 5) is 17.5. The second kappa shape index (κ2) is 3.85. The van der Waals surface area contributed by atoms with Gasteiger partial charge in [-0.2, -0.15) is 0 Å². The van der Waals surface area contributed by atoms with Crippen molar-refractivity contribution in [3.05, 3.63) is 36.5 Å². The van der Waals surface area contributed by atoms with Gasteiger partial charge in [0, 0.05) is 11.6 Å². The van der Waals surface area contributed by atoms with Crippen LogP contribution in [0.5, 0.6) is 0 Å². The molecule has 84 valence electrons. The molecule has 5 heteroatoms. The number of benzene rings is 1. The van der Waals surface area contributed by atoms with Gasteiger partial charge in [0.25, 0.3) is 0 Å². The van der Waals surface area contributed by atoms with Crippen LogP contribution in [-0.4, -0.2) is 21.8 Å². The highest BCUT2D eigenvalue weighted by molar-refractivity contribution is 8.15. The molecule has 0 unspecified atom stereocenters. The van der Waals surface area contributed by atoms with Crippen LogP contribution in [0.3, 0.4) is 0 Å². The Morgan fingerprint density at radius 1 is 1.29 bits per heavy atom. The number of fused-ring (bicyclic) bond motifs is 1. The monoisotopic (exact) mass is 243 g/mol. The van der Waals surface area contributed by atoms with Crippen LogP contribution >= 0.6 is 11.8 Å². The van der Waals surface area contributed by atoms with Crippen LogP contribution in [0.2, 0.25) is 0 Å². The van der Waals surface area contributed by atoms with Crippen molar-refractivity contribution in [3.63, 3.8) is 0 Å². The van der Waals surface area contributed by atoms with Crippen LogP contribution in [0, 0.1) is 5.41 Å². The largest absolute Gasteiger partial charge is 0.278 e. The molecule has 0 bridgehead atoms. The summed E-state index contributed by atoms with van der Waals surface area (Å²) in [5, 5.41) is 8.98. The molecule has 1 aliphatic rings. The van der Waals surface area contributed by atoms with Gasteiger partial charge >= 0.3 is 0 Å². The lowest BCUT2D eigenvalue weighted by molar-refractivity contribution is -0.115. The summed E-state index contributed by atoms with van der Waals surface area (Å²) < 4.78 is 0. The minimum absolute atomic E-state index is 0.0450. The molecule has 0 saturated carbocycles. The lowest BCUT2D eigenvalue weighted by Gasteiger charge is -2.16. The van der Waals surface area contributed by atoms with E-state index in [-0.39, 0.29) is 11.1 Å². The van der Waals surface area contributed by atoms with E-state index in [0.717, 1.165) is 16.6 Å². The summed E-state index contributed by atoms with van der Waals surface area (Å²) >= 11 is 1.26. The highest BCUT2D eigenvalue weighted by Gasteiger charge is 2.29. The number of amides is 1. The van der Waals surface area contributed by atoms with E-state index in [2.05, 4.69) is 4.98 Å². The van der Waals surface area contributed by atoms with Gasteiger partial charge in [-0.25, -0.2) is 0 Å². The van der Waals surface area contributed by atoms with Gasteiger partial charge < -0.3 is 0 Å². The number of amidine groups is 1. The molecule has 1 aromatic heterocycles. The summed E-state index contributed by atoms with van der Waals surface area (Å²) in [7, 11) is 0. The average molecular weight is 243 g/mol. The van der Waals surface area contributed by atoms with Gasteiger partial charge in [-0.1, -0.05) is 17.8 Å². The Bertz CT molecular complexity index is 605. The van der Waals surface area contributed by atoms with Crippen molar-refractivity contribution < 1.29 is 4.79 Å². The number of carbonyl (C=O) groups is 1. The Hall–Kier alpha value is -1.88. The van der Waals surface area contributed by atoms with Crippen LogP contribution in [0.1, 0.15) is 0 Å². The first-order chi connectivity index (χ1) is 8.27. The fraction of sp³-hybridized carbons (Fsp3) is 0.0833. The number of hydrogen-bond acceptors (Lipinski definition) is 4. The van der Waals surface area contributed by atoms with Gasteiger partial charge in [0.1, 0.15) is 0 Å². The lowest BCUT2D eigenvalue weighted by Crippen LogP contribution is -2.28. The molecule has 3 rings (SSSR count). The number of pyridine rings is 1. The Morgan fingerprint density at radius 2 is 2.18 bits per heavy atom.